The van der Waals surface area contributed by atoms with Crippen molar-refractivity contribution in [1.29, 1.82) is 0 Å². The maximum Gasteiger partial charge on any atom is 0.319 e. The molecule has 1 aliphatic heterocycles. The average Bonchev–Trinajstić information content (AvgIpc) is 2.71. The summed E-state index contributed by atoms with van der Waals surface area (Å²) >= 11 is 0. The van der Waals surface area contributed by atoms with Gasteiger partial charge in [0.05, 0.1) is 6.61 Å². The minimum atomic E-state index is -0.848. The standard InChI is InChI=1S/C14H24N2O4/c1-5-20-13(19)11(14(2,3)4)12(18)15-8-9-6-7-10(17)16-9/h9,11H,5-8H2,1-4H3,(H,15,18)(H,16,17). The van der Waals surface area contributed by atoms with Gasteiger partial charge in [0.25, 0.3) is 0 Å². The normalized spacial score (nSPS) is 20.2. The summed E-state index contributed by atoms with van der Waals surface area (Å²) in [5.41, 5.74) is -0.519. The third-order valence-corrected chi connectivity index (χ3v) is 3.26. The Hall–Kier alpha value is -1.59. The van der Waals surface area contributed by atoms with E-state index in [0.29, 0.717) is 19.4 Å². The molecule has 1 fully saturated rings. The predicted molar refractivity (Wildman–Crippen MR) is 73.8 cm³/mol. The molecule has 0 saturated carbocycles. The number of esters is 1. The second-order valence-corrected chi connectivity index (χ2v) is 6.10. The lowest BCUT2D eigenvalue weighted by molar-refractivity contribution is -0.156. The van der Waals surface area contributed by atoms with E-state index in [1.807, 2.05) is 20.8 Å². The summed E-state index contributed by atoms with van der Waals surface area (Å²) in [5, 5.41) is 5.51. The number of rotatable bonds is 5. The Morgan fingerprint density at radius 2 is 2.10 bits per heavy atom. The van der Waals surface area contributed by atoms with Crippen LogP contribution in [0.1, 0.15) is 40.5 Å². The summed E-state index contributed by atoms with van der Waals surface area (Å²) in [5.74, 6) is -1.70. The van der Waals surface area contributed by atoms with E-state index in [2.05, 4.69) is 10.6 Å². The van der Waals surface area contributed by atoms with Gasteiger partial charge in [-0.05, 0) is 18.8 Å². The molecule has 114 valence electrons. The van der Waals surface area contributed by atoms with Crippen molar-refractivity contribution in [3.05, 3.63) is 0 Å². The Balaban J connectivity index is 2.59. The zero-order valence-electron chi connectivity index (χ0n) is 12.6. The summed E-state index contributed by atoms with van der Waals surface area (Å²) in [6.45, 7) is 7.78. The first kappa shape index (κ1) is 16.5. The van der Waals surface area contributed by atoms with Crippen molar-refractivity contribution in [3.63, 3.8) is 0 Å². The summed E-state index contributed by atoms with van der Waals surface area (Å²) in [6.07, 6.45) is 1.19. The monoisotopic (exact) mass is 284 g/mol. The Kier molecular flexibility index (Phi) is 5.53. The highest BCUT2D eigenvalue weighted by atomic mass is 16.5. The van der Waals surface area contributed by atoms with Gasteiger partial charge in [-0.25, -0.2) is 0 Å². The van der Waals surface area contributed by atoms with Crippen LogP contribution in [0.5, 0.6) is 0 Å². The molecule has 0 aromatic rings. The molecule has 0 aliphatic carbocycles. The molecule has 1 saturated heterocycles. The molecule has 6 nitrogen and oxygen atoms in total. The lowest BCUT2D eigenvalue weighted by Gasteiger charge is -2.28. The van der Waals surface area contributed by atoms with E-state index >= 15 is 0 Å². The first-order valence-corrected chi connectivity index (χ1v) is 6.99. The van der Waals surface area contributed by atoms with E-state index < -0.39 is 17.3 Å². The third-order valence-electron chi connectivity index (χ3n) is 3.26. The van der Waals surface area contributed by atoms with E-state index in [1.165, 1.54) is 0 Å². The second-order valence-electron chi connectivity index (χ2n) is 6.10. The SMILES string of the molecule is CCOC(=O)C(C(=O)NCC1CCC(=O)N1)C(C)(C)C. The average molecular weight is 284 g/mol. The largest absolute Gasteiger partial charge is 0.465 e. The molecule has 6 heteroatoms. The van der Waals surface area contributed by atoms with Gasteiger partial charge < -0.3 is 15.4 Å². The van der Waals surface area contributed by atoms with Crippen LogP contribution in [0.2, 0.25) is 0 Å². The van der Waals surface area contributed by atoms with Crippen LogP contribution in [0, 0.1) is 11.3 Å². The molecule has 1 aliphatic rings. The Morgan fingerprint density at radius 3 is 2.55 bits per heavy atom. The zero-order valence-corrected chi connectivity index (χ0v) is 12.6. The quantitative estimate of drug-likeness (QED) is 0.572. The minimum Gasteiger partial charge on any atom is -0.465 e. The van der Waals surface area contributed by atoms with Gasteiger partial charge in [-0.1, -0.05) is 20.8 Å². The van der Waals surface area contributed by atoms with E-state index in [0.717, 1.165) is 0 Å². The van der Waals surface area contributed by atoms with Crippen LogP contribution in [0.25, 0.3) is 0 Å². The summed E-state index contributed by atoms with van der Waals surface area (Å²) in [6, 6.07) is -0.0470. The highest BCUT2D eigenvalue weighted by Crippen LogP contribution is 2.27. The molecule has 2 N–H and O–H groups in total. The van der Waals surface area contributed by atoms with Crippen molar-refractivity contribution < 1.29 is 19.1 Å². The van der Waals surface area contributed by atoms with Crippen molar-refractivity contribution in [3.8, 4) is 0 Å². The summed E-state index contributed by atoms with van der Waals surface area (Å²) in [4.78, 5) is 35.2. The van der Waals surface area contributed by atoms with Gasteiger partial charge in [-0.3, -0.25) is 14.4 Å². The van der Waals surface area contributed by atoms with Crippen LogP contribution in [-0.4, -0.2) is 37.0 Å². The first-order valence-electron chi connectivity index (χ1n) is 6.99. The Bertz CT molecular complexity index is 387. The van der Waals surface area contributed by atoms with Gasteiger partial charge in [0.1, 0.15) is 5.92 Å². The van der Waals surface area contributed by atoms with Crippen molar-refractivity contribution in [1.82, 2.24) is 10.6 Å². The van der Waals surface area contributed by atoms with E-state index in [-0.39, 0.29) is 24.5 Å². The number of ether oxygens (including phenoxy) is 1. The van der Waals surface area contributed by atoms with Crippen LogP contribution in [-0.2, 0) is 19.1 Å². The fraction of sp³-hybridized carbons (Fsp3) is 0.786. The number of carbonyl (C=O) groups is 3. The number of amides is 2. The molecule has 0 spiro atoms. The molecule has 2 unspecified atom stereocenters. The van der Waals surface area contributed by atoms with E-state index in [4.69, 9.17) is 4.74 Å². The number of carbonyl (C=O) groups excluding carboxylic acids is 3. The fourth-order valence-electron chi connectivity index (χ4n) is 2.24. The number of hydrogen-bond donors (Lipinski definition) is 2. The lowest BCUT2D eigenvalue weighted by atomic mass is 9.80. The highest BCUT2D eigenvalue weighted by Gasteiger charge is 2.39. The molecule has 2 atom stereocenters. The van der Waals surface area contributed by atoms with E-state index in [1.54, 1.807) is 6.92 Å². The molecule has 0 bridgehead atoms. The zero-order chi connectivity index (χ0) is 15.3. The smallest absolute Gasteiger partial charge is 0.319 e. The van der Waals surface area contributed by atoms with Crippen LogP contribution < -0.4 is 10.6 Å². The number of nitrogens with one attached hydrogen (secondary N) is 2. The van der Waals surface area contributed by atoms with Crippen molar-refractivity contribution in [2.45, 2.75) is 46.6 Å². The maximum absolute atomic E-state index is 12.2. The molecule has 0 radical (unpaired) electrons. The predicted octanol–water partition coefficient (Wildman–Crippen LogP) is 0.607. The molecule has 1 heterocycles. The molecular weight excluding hydrogens is 260 g/mol. The van der Waals surface area contributed by atoms with Gasteiger partial charge in [-0.15, -0.1) is 0 Å². The lowest BCUT2D eigenvalue weighted by Crippen LogP contribution is -2.47. The van der Waals surface area contributed by atoms with E-state index in [9.17, 15) is 14.4 Å². The molecule has 2 amide bonds. The molecule has 1 rings (SSSR count). The van der Waals surface area contributed by atoms with Gasteiger partial charge in [-0.2, -0.15) is 0 Å². The maximum atomic E-state index is 12.2. The van der Waals surface area contributed by atoms with Crippen LogP contribution >= 0.6 is 0 Å². The van der Waals surface area contributed by atoms with Gasteiger partial charge >= 0.3 is 5.97 Å². The van der Waals surface area contributed by atoms with Gasteiger partial charge in [0.15, 0.2) is 0 Å². The second kappa shape index (κ2) is 6.72. The summed E-state index contributed by atoms with van der Waals surface area (Å²) < 4.78 is 4.97. The van der Waals surface area contributed by atoms with Crippen molar-refractivity contribution >= 4 is 17.8 Å². The Labute approximate surface area is 119 Å². The van der Waals surface area contributed by atoms with Gasteiger partial charge in [0.2, 0.25) is 11.8 Å². The van der Waals surface area contributed by atoms with Gasteiger partial charge in [0, 0.05) is 19.0 Å². The van der Waals surface area contributed by atoms with Crippen LogP contribution in [0.4, 0.5) is 0 Å². The fourth-order valence-corrected chi connectivity index (χ4v) is 2.24. The van der Waals surface area contributed by atoms with Crippen molar-refractivity contribution in [2.75, 3.05) is 13.2 Å². The Morgan fingerprint density at radius 1 is 1.45 bits per heavy atom. The van der Waals surface area contributed by atoms with Crippen LogP contribution in [0.3, 0.4) is 0 Å². The topological polar surface area (TPSA) is 84.5 Å². The number of hydrogen-bond acceptors (Lipinski definition) is 4. The molecule has 20 heavy (non-hydrogen) atoms. The van der Waals surface area contributed by atoms with Crippen molar-refractivity contribution in [2.24, 2.45) is 11.3 Å². The first-order chi connectivity index (χ1) is 9.25. The third kappa shape index (κ3) is 4.51. The summed E-state index contributed by atoms with van der Waals surface area (Å²) in [7, 11) is 0. The molecule has 0 aromatic carbocycles. The molecule has 0 aromatic heterocycles. The van der Waals surface area contributed by atoms with Crippen LogP contribution in [0.15, 0.2) is 0 Å². The minimum absolute atomic E-state index is 0.00186. The molecular formula is C14H24N2O4. The highest BCUT2D eigenvalue weighted by molar-refractivity contribution is 5.98.